The first-order chi connectivity index (χ1) is 10.2. The zero-order valence-corrected chi connectivity index (χ0v) is 13.6. The van der Waals surface area contributed by atoms with E-state index in [9.17, 15) is 0 Å². The lowest BCUT2D eigenvalue weighted by atomic mass is 9.98. The van der Waals surface area contributed by atoms with Gasteiger partial charge in [0.25, 0.3) is 0 Å². The largest absolute Gasteiger partial charge is 0.494 e. The predicted molar refractivity (Wildman–Crippen MR) is 87.7 cm³/mol. The van der Waals surface area contributed by atoms with Crippen LogP contribution in [0, 0.1) is 0 Å². The minimum absolute atomic E-state index is 0.323. The SMILES string of the molecule is CCOc1ccc(C(CN)N2CCC(N(C)C)CC2)cc1. The third kappa shape index (κ3) is 4.19. The monoisotopic (exact) mass is 291 g/mol. The first-order valence-electron chi connectivity index (χ1n) is 7.99. The van der Waals surface area contributed by atoms with Crippen LogP contribution in [0.3, 0.4) is 0 Å². The smallest absolute Gasteiger partial charge is 0.119 e. The summed E-state index contributed by atoms with van der Waals surface area (Å²) in [5.41, 5.74) is 7.34. The number of nitrogens with zero attached hydrogens (tertiary/aromatic N) is 2. The lowest BCUT2D eigenvalue weighted by molar-refractivity contribution is 0.111. The van der Waals surface area contributed by atoms with Gasteiger partial charge in [-0.25, -0.2) is 0 Å². The Bertz CT molecular complexity index is 411. The molecule has 0 amide bonds. The lowest BCUT2D eigenvalue weighted by Gasteiger charge is -2.39. The Balaban J connectivity index is 1.99. The molecule has 1 saturated heterocycles. The molecule has 21 heavy (non-hydrogen) atoms. The summed E-state index contributed by atoms with van der Waals surface area (Å²) in [7, 11) is 4.35. The van der Waals surface area contributed by atoms with Crippen molar-refractivity contribution in [3.8, 4) is 5.75 Å². The van der Waals surface area contributed by atoms with Crippen molar-refractivity contribution in [2.24, 2.45) is 5.73 Å². The van der Waals surface area contributed by atoms with Crippen LogP contribution >= 0.6 is 0 Å². The van der Waals surface area contributed by atoms with Crippen molar-refractivity contribution < 1.29 is 4.74 Å². The van der Waals surface area contributed by atoms with Crippen molar-refractivity contribution in [1.29, 1.82) is 0 Å². The van der Waals surface area contributed by atoms with E-state index in [0.29, 0.717) is 25.2 Å². The minimum Gasteiger partial charge on any atom is -0.494 e. The van der Waals surface area contributed by atoms with Gasteiger partial charge < -0.3 is 15.4 Å². The zero-order chi connectivity index (χ0) is 15.2. The number of likely N-dealkylation sites (tertiary alicyclic amines) is 1. The third-order valence-corrected chi connectivity index (χ3v) is 4.47. The van der Waals surface area contributed by atoms with E-state index >= 15 is 0 Å². The number of benzene rings is 1. The van der Waals surface area contributed by atoms with Gasteiger partial charge in [-0.2, -0.15) is 0 Å². The van der Waals surface area contributed by atoms with Gasteiger partial charge in [-0.05, 0) is 51.6 Å². The van der Waals surface area contributed by atoms with Crippen LogP contribution in [0.25, 0.3) is 0 Å². The number of hydrogen-bond donors (Lipinski definition) is 1. The Morgan fingerprint density at radius 1 is 1.24 bits per heavy atom. The molecular weight excluding hydrogens is 262 g/mol. The van der Waals surface area contributed by atoms with Crippen LogP contribution in [0.1, 0.15) is 31.4 Å². The van der Waals surface area contributed by atoms with Crippen LogP contribution in [-0.2, 0) is 0 Å². The molecule has 1 atom stereocenters. The second-order valence-corrected chi connectivity index (χ2v) is 5.98. The first-order valence-corrected chi connectivity index (χ1v) is 7.99. The van der Waals surface area contributed by atoms with Crippen molar-refractivity contribution >= 4 is 0 Å². The highest BCUT2D eigenvalue weighted by atomic mass is 16.5. The molecule has 0 aliphatic carbocycles. The van der Waals surface area contributed by atoms with Crippen molar-refractivity contribution in [3.63, 3.8) is 0 Å². The molecule has 118 valence electrons. The van der Waals surface area contributed by atoms with Crippen LogP contribution in [0.2, 0.25) is 0 Å². The first kappa shape index (κ1) is 16.3. The van der Waals surface area contributed by atoms with Gasteiger partial charge in [0.2, 0.25) is 0 Å². The molecule has 0 bridgehead atoms. The van der Waals surface area contributed by atoms with Gasteiger partial charge in [0.15, 0.2) is 0 Å². The van der Waals surface area contributed by atoms with Crippen molar-refractivity contribution in [2.75, 3.05) is 40.3 Å². The zero-order valence-electron chi connectivity index (χ0n) is 13.6. The van der Waals surface area contributed by atoms with E-state index in [1.807, 2.05) is 19.1 Å². The van der Waals surface area contributed by atoms with Crippen LogP contribution in [0.4, 0.5) is 0 Å². The van der Waals surface area contributed by atoms with E-state index in [1.54, 1.807) is 0 Å². The van der Waals surface area contributed by atoms with Gasteiger partial charge in [0.05, 0.1) is 6.61 Å². The highest BCUT2D eigenvalue weighted by molar-refractivity contribution is 5.29. The molecule has 1 aromatic carbocycles. The molecule has 1 aliphatic rings. The Kier molecular flexibility index (Phi) is 6.03. The Hall–Kier alpha value is -1.10. The van der Waals surface area contributed by atoms with Crippen LogP contribution in [-0.4, -0.2) is 56.2 Å². The maximum atomic E-state index is 6.04. The van der Waals surface area contributed by atoms with E-state index in [2.05, 4.69) is 36.0 Å². The number of rotatable bonds is 6. The topological polar surface area (TPSA) is 41.7 Å². The standard InChI is InChI=1S/C17H29N3O/c1-4-21-16-7-5-14(6-8-16)17(13-18)20-11-9-15(10-12-20)19(2)3/h5-8,15,17H,4,9-13,18H2,1-3H3. The molecule has 0 spiro atoms. The van der Waals surface area contributed by atoms with E-state index in [-0.39, 0.29) is 0 Å². The highest BCUT2D eigenvalue weighted by Gasteiger charge is 2.26. The van der Waals surface area contributed by atoms with Crippen LogP contribution < -0.4 is 10.5 Å². The van der Waals surface area contributed by atoms with Crippen LogP contribution in [0.15, 0.2) is 24.3 Å². The van der Waals surface area contributed by atoms with Crippen molar-refractivity contribution in [2.45, 2.75) is 31.8 Å². The van der Waals surface area contributed by atoms with E-state index < -0.39 is 0 Å². The summed E-state index contributed by atoms with van der Waals surface area (Å²) in [4.78, 5) is 4.86. The van der Waals surface area contributed by atoms with Gasteiger partial charge >= 0.3 is 0 Å². The van der Waals surface area contributed by atoms with Gasteiger partial charge in [0, 0.05) is 31.7 Å². The number of piperidine rings is 1. The molecule has 4 nitrogen and oxygen atoms in total. The molecule has 1 aromatic rings. The molecule has 2 N–H and O–H groups in total. The summed E-state index contributed by atoms with van der Waals surface area (Å²) in [6, 6.07) is 9.44. The molecule has 2 rings (SSSR count). The number of nitrogens with two attached hydrogens (primary N) is 1. The van der Waals surface area contributed by atoms with Crippen molar-refractivity contribution in [3.05, 3.63) is 29.8 Å². The average Bonchev–Trinajstić information content (AvgIpc) is 2.50. The summed E-state index contributed by atoms with van der Waals surface area (Å²) in [6.07, 6.45) is 2.45. The third-order valence-electron chi connectivity index (χ3n) is 4.47. The summed E-state index contributed by atoms with van der Waals surface area (Å²) in [5.74, 6) is 0.934. The molecule has 1 heterocycles. The average molecular weight is 291 g/mol. The predicted octanol–water partition coefficient (Wildman–Crippen LogP) is 2.11. The highest BCUT2D eigenvalue weighted by Crippen LogP contribution is 2.26. The molecule has 1 fully saturated rings. The molecular formula is C17H29N3O. The molecule has 0 saturated carbocycles. The van der Waals surface area contributed by atoms with E-state index in [1.165, 1.54) is 18.4 Å². The van der Waals surface area contributed by atoms with Gasteiger partial charge in [0.1, 0.15) is 5.75 Å². The quantitative estimate of drug-likeness (QED) is 0.871. The Morgan fingerprint density at radius 3 is 2.33 bits per heavy atom. The molecule has 1 unspecified atom stereocenters. The normalized spacial score (nSPS) is 18.9. The fourth-order valence-corrected chi connectivity index (χ4v) is 3.16. The summed E-state index contributed by atoms with van der Waals surface area (Å²) in [6.45, 7) is 5.62. The fraction of sp³-hybridized carbons (Fsp3) is 0.647. The van der Waals surface area contributed by atoms with Crippen molar-refractivity contribution in [1.82, 2.24) is 9.80 Å². The number of ether oxygens (including phenoxy) is 1. The lowest BCUT2D eigenvalue weighted by Crippen LogP contribution is -2.45. The van der Waals surface area contributed by atoms with Crippen LogP contribution in [0.5, 0.6) is 5.75 Å². The molecule has 0 aromatic heterocycles. The van der Waals surface area contributed by atoms with Gasteiger partial charge in [-0.3, -0.25) is 4.90 Å². The summed E-state index contributed by atoms with van der Waals surface area (Å²) < 4.78 is 5.51. The van der Waals surface area contributed by atoms with Gasteiger partial charge in [-0.15, -0.1) is 0 Å². The second kappa shape index (κ2) is 7.78. The molecule has 0 radical (unpaired) electrons. The Morgan fingerprint density at radius 2 is 1.86 bits per heavy atom. The van der Waals surface area contributed by atoms with Gasteiger partial charge in [-0.1, -0.05) is 12.1 Å². The van der Waals surface area contributed by atoms with E-state index in [4.69, 9.17) is 10.5 Å². The Labute approximate surface area is 128 Å². The maximum absolute atomic E-state index is 6.04. The van der Waals surface area contributed by atoms with E-state index in [0.717, 1.165) is 18.8 Å². The number of hydrogen-bond acceptors (Lipinski definition) is 4. The minimum atomic E-state index is 0.323. The maximum Gasteiger partial charge on any atom is 0.119 e. The summed E-state index contributed by atoms with van der Waals surface area (Å²) >= 11 is 0. The fourth-order valence-electron chi connectivity index (χ4n) is 3.16. The molecule has 4 heteroatoms. The second-order valence-electron chi connectivity index (χ2n) is 5.98. The summed E-state index contributed by atoms with van der Waals surface area (Å²) in [5, 5.41) is 0. The molecule has 1 aliphatic heterocycles.